The van der Waals surface area contributed by atoms with Gasteiger partial charge in [0.05, 0.1) is 23.5 Å². The summed E-state index contributed by atoms with van der Waals surface area (Å²) in [5.74, 6) is -1.31. The van der Waals surface area contributed by atoms with E-state index in [0.29, 0.717) is 18.0 Å². The number of thiocarbonyl (C=S) groups is 1. The van der Waals surface area contributed by atoms with Crippen molar-refractivity contribution in [2.45, 2.75) is 6.92 Å². The fraction of sp³-hybridized carbons (Fsp3) is 0.125. The van der Waals surface area contributed by atoms with Crippen molar-refractivity contribution in [3.8, 4) is 11.5 Å². The van der Waals surface area contributed by atoms with Gasteiger partial charge in [-0.2, -0.15) is 0 Å². The van der Waals surface area contributed by atoms with E-state index in [2.05, 4.69) is 0 Å². The number of phenols is 2. The largest absolute Gasteiger partial charge is 0.508 e. The molecule has 0 fully saturated rings. The molecule has 6 nitrogen and oxygen atoms in total. The Labute approximate surface area is 138 Å². The molecule has 120 valence electrons. The highest BCUT2D eigenvalue weighted by Crippen LogP contribution is 2.36. The lowest BCUT2D eigenvalue weighted by atomic mass is 10.2. The quantitative estimate of drug-likeness (QED) is 0.740. The Morgan fingerprint density at radius 1 is 1.17 bits per heavy atom. The number of hydrogen-bond acceptors (Lipinski definition) is 5. The van der Waals surface area contributed by atoms with Gasteiger partial charge in [0.2, 0.25) is 0 Å². The molecule has 0 bridgehead atoms. The summed E-state index contributed by atoms with van der Waals surface area (Å²) in [6, 6.07) is 10.0. The smallest absolute Gasteiger partial charge is 0.335 e. The Balaban J connectivity index is 2.49. The number of rotatable bonds is 4. The van der Waals surface area contributed by atoms with Gasteiger partial charge in [0.25, 0.3) is 5.17 Å². The first-order valence-electron chi connectivity index (χ1n) is 6.76. The molecule has 0 aromatic heterocycles. The molecule has 23 heavy (non-hydrogen) atoms. The number of benzene rings is 2. The molecule has 0 saturated heterocycles. The number of carbonyl (C=O) groups is 1. The van der Waals surface area contributed by atoms with E-state index in [0.717, 1.165) is 0 Å². The van der Waals surface area contributed by atoms with Crippen LogP contribution in [0.2, 0.25) is 0 Å². The van der Waals surface area contributed by atoms with Crippen molar-refractivity contribution in [3.05, 3.63) is 48.0 Å². The van der Waals surface area contributed by atoms with E-state index in [1.165, 1.54) is 35.2 Å². The van der Waals surface area contributed by atoms with E-state index in [-0.39, 0.29) is 22.2 Å². The molecule has 0 unspecified atom stereocenters. The van der Waals surface area contributed by atoms with E-state index in [1.54, 1.807) is 19.1 Å². The van der Waals surface area contributed by atoms with Crippen LogP contribution in [0.25, 0.3) is 0 Å². The van der Waals surface area contributed by atoms with E-state index in [4.69, 9.17) is 22.1 Å². The number of phenolic OH excluding ortho intramolecular Hbond substituents is 2. The summed E-state index contributed by atoms with van der Waals surface area (Å²) in [4.78, 5) is 12.4. The number of carboxylic acids is 1. The Morgan fingerprint density at radius 2 is 1.83 bits per heavy atom. The van der Waals surface area contributed by atoms with Crippen LogP contribution in [0.4, 0.5) is 11.4 Å². The predicted octanol–water partition coefficient (Wildman–Crippen LogP) is 3.26. The lowest BCUT2D eigenvalue weighted by Gasteiger charge is -2.25. The lowest BCUT2D eigenvalue weighted by Crippen LogP contribution is -2.26. The molecule has 0 spiro atoms. The summed E-state index contributed by atoms with van der Waals surface area (Å²) in [6.07, 6.45) is 0. The summed E-state index contributed by atoms with van der Waals surface area (Å²) < 4.78 is 5.34. The number of hydrogen-bond donors (Lipinski definition) is 3. The van der Waals surface area contributed by atoms with Gasteiger partial charge in [-0.15, -0.1) is 0 Å². The van der Waals surface area contributed by atoms with E-state index in [1.807, 2.05) is 0 Å². The van der Waals surface area contributed by atoms with Gasteiger partial charge in [0.1, 0.15) is 11.5 Å². The van der Waals surface area contributed by atoms with Gasteiger partial charge >= 0.3 is 5.97 Å². The summed E-state index contributed by atoms with van der Waals surface area (Å²) in [7, 11) is 0. The van der Waals surface area contributed by atoms with Gasteiger partial charge in [-0.25, -0.2) is 4.79 Å². The van der Waals surface area contributed by atoms with Crippen LogP contribution in [0.5, 0.6) is 11.5 Å². The molecule has 0 atom stereocenters. The second-order valence-corrected chi connectivity index (χ2v) is 4.91. The average Bonchev–Trinajstić information content (AvgIpc) is 2.50. The highest BCUT2D eigenvalue weighted by atomic mass is 32.1. The Hall–Kier alpha value is -2.80. The second kappa shape index (κ2) is 6.97. The zero-order valence-corrected chi connectivity index (χ0v) is 13.1. The molecule has 0 radical (unpaired) electrons. The minimum absolute atomic E-state index is 0.0882. The highest BCUT2D eigenvalue weighted by molar-refractivity contribution is 7.80. The van der Waals surface area contributed by atoms with Gasteiger partial charge in [0.15, 0.2) is 0 Å². The van der Waals surface area contributed by atoms with Crippen molar-refractivity contribution >= 4 is 34.7 Å². The van der Waals surface area contributed by atoms with Crippen molar-refractivity contribution in [1.82, 2.24) is 0 Å². The molecule has 2 aromatic carbocycles. The maximum atomic E-state index is 10.9. The Bertz CT molecular complexity index is 730. The van der Waals surface area contributed by atoms with Crippen LogP contribution < -0.4 is 4.90 Å². The zero-order chi connectivity index (χ0) is 17.0. The minimum atomic E-state index is -1.04. The van der Waals surface area contributed by atoms with Gasteiger partial charge < -0.3 is 20.1 Å². The van der Waals surface area contributed by atoms with Gasteiger partial charge in [-0.05, 0) is 55.5 Å². The van der Waals surface area contributed by atoms with Crippen LogP contribution in [0, 0.1) is 0 Å². The number of aromatic carboxylic acids is 1. The minimum Gasteiger partial charge on any atom is -0.508 e. The molecule has 2 rings (SSSR count). The average molecular weight is 333 g/mol. The number of nitrogens with zero attached hydrogens (tertiary/aromatic N) is 1. The number of anilines is 2. The Morgan fingerprint density at radius 3 is 2.35 bits per heavy atom. The first-order chi connectivity index (χ1) is 10.9. The van der Waals surface area contributed by atoms with Gasteiger partial charge in [0, 0.05) is 6.07 Å². The van der Waals surface area contributed by atoms with Crippen molar-refractivity contribution < 1.29 is 24.9 Å². The second-order valence-electron chi connectivity index (χ2n) is 4.56. The third-order valence-electron chi connectivity index (χ3n) is 3.02. The topological polar surface area (TPSA) is 90.2 Å². The number of aromatic hydroxyl groups is 2. The fourth-order valence-corrected chi connectivity index (χ4v) is 2.31. The molecule has 0 aliphatic rings. The van der Waals surface area contributed by atoms with E-state index < -0.39 is 5.97 Å². The molecule has 0 aliphatic carbocycles. The number of ether oxygens (including phenoxy) is 1. The SMILES string of the molecule is CCOC(=S)N(c1ccc(C(=O)O)cc1)c1ccc(O)cc1O. The molecule has 0 heterocycles. The van der Waals surface area contributed by atoms with Crippen molar-refractivity contribution in [2.24, 2.45) is 0 Å². The lowest BCUT2D eigenvalue weighted by molar-refractivity contribution is 0.0697. The summed E-state index contributed by atoms with van der Waals surface area (Å²) in [6.45, 7) is 2.11. The number of carboxylic acid groups (broad SMARTS) is 1. The first-order valence-corrected chi connectivity index (χ1v) is 7.17. The van der Waals surface area contributed by atoms with Crippen LogP contribution in [-0.4, -0.2) is 33.1 Å². The van der Waals surface area contributed by atoms with Crippen molar-refractivity contribution in [1.29, 1.82) is 0 Å². The monoisotopic (exact) mass is 333 g/mol. The van der Waals surface area contributed by atoms with Crippen LogP contribution in [0.1, 0.15) is 17.3 Å². The summed E-state index contributed by atoms with van der Waals surface area (Å²) in [5.41, 5.74) is 0.963. The van der Waals surface area contributed by atoms with Crippen LogP contribution in [-0.2, 0) is 4.74 Å². The molecule has 3 N–H and O–H groups in total. The van der Waals surface area contributed by atoms with Crippen LogP contribution >= 0.6 is 12.2 Å². The maximum Gasteiger partial charge on any atom is 0.335 e. The van der Waals surface area contributed by atoms with E-state index in [9.17, 15) is 15.0 Å². The van der Waals surface area contributed by atoms with Gasteiger partial charge in [-0.3, -0.25) is 4.90 Å². The third kappa shape index (κ3) is 3.70. The van der Waals surface area contributed by atoms with Gasteiger partial charge in [-0.1, -0.05) is 0 Å². The molecular formula is C16H15NO5S. The molecule has 0 saturated carbocycles. The van der Waals surface area contributed by atoms with Crippen LogP contribution in [0.15, 0.2) is 42.5 Å². The Kier molecular flexibility index (Phi) is 5.02. The normalized spacial score (nSPS) is 10.1. The molecule has 2 aromatic rings. The molecular weight excluding hydrogens is 318 g/mol. The standard InChI is InChI=1S/C16H15NO5S/c1-2-22-16(23)17(13-8-7-12(18)9-14(13)19)11-5-3-10(4-6-11)15(20)21/h3-9,18-19H,2H2,1H3,(H,20,21). The molecule has 0 aliphatic heterocycles. The van der Waals surface area contributed by atoms with Crippen molar-refractivity contribution in [3.63, 3.8) is 0 Å². The molecule has 7 heteroatoms. The third-order valence-corrected chi connectivity index (χ3v) is 3.32. The van der Waals surface area contributed by atoms with E-state index >= 15 is 0 Å². The highest BCUT2D eigenvalue weighted by Gasteiger charge is 2.20. The zero-order valence-electron chi connectivity index (χ0n) is 12.3. The predicted molar refractivity (Wildman–Crippen MR) is 89.5 cm³/mol. The maximum absolute atomic E-state index is 10.9. The van der Waals surface area contributed by atoms with Crippen LogP contribution in [0.3, 0.4) is 0 Å². The summed E-state index contributed by atoms with van der Waals surface area (Å²) in [5, 5.41) is 28.6. The fourth-order valence-electron chi connectivity index (χ4n) is 1.98. The van der Waals surface area contributed by atoms with Crippen molar-refractivity contribution in [2.75, 3.05) is 11.5 Å². The molecule has 0 amide bonds. The first kappa shape index (κ1) is 16.6. The summed E-state index contributed by atoms with van der Waals surface area (Å²) >= 11 is 5.23.